The van der Waals surface area contributed by atoms with Gasteiger partial charge in [0.25, 0.3) is 0 Å². The molecule has 0 saturated heterocycles. The lowest BCUT2D eigenvalue weighted by molar-refractivity contribution is 0.0690. The van der Waals surface area contributed by atoms with Crippen LogP contribution in [0.25, 0.3) is 0 Å². The second kappa shape index (κ2) is 6.49. The van der Waals surface area contributed by atoms with Gasteiger partial charge in [0.2, 0.25) is 0 Å². The highest BCUT2D eigenvalue weighted by molar-refractivity contribution is 6.30. The molecule has 2 rings (SSSR count). The van der Waals surface area contributed by atoms with Gasteiger partial charge in [0, 0.05) is 17.6 Å². The Kier molecular flexibility index (Phi) is 4.70. The normalized spacial score (nSPS) is 12.3. The molecule has 2 aromatic rings. The SMILES string of the molecule is CC(NCCn1cc(C(=O)O)nn1)c1cccc(Cl)c1. The number of nitrogens with zero attached hydrogens (tertiary/aromatic N) is 3. The maximum atomic E-state index is 10.7. The Morgan fingerprint density at radius 1 is 1.55 bits per heavy atom. The van der Waals surface area contributed by atoms with Crippen LogP contribution in [0.2, 0.25) is 5.02 Å². The Bertz CT molecular complexity index is 600. The van der Waals surface area contributed by atoms with Gasteiger partial charge in [-0.15, -0.1) is 5.10 Å². The molecule has 20 heavy (non-hydrogen) atoms. The maximum Gasteiger partial charge on any atom is 0.358 e. The number of aromatic nitrogens is 3. The molecule has 0 aliphatic heterocycles. The topological polar surface area (TPSA) is 80.0 Å². The molecular weight excluding hydrogens is 280 g/mol. The van der Waals surface area contributed by atoms with Crippen molar-refractivity contribution in [3.8, 4) is 0 Å². The summed E-state index contributed by atoms with van der Waals surface area (Å²) in [6.45, 7) is 3.23. The Morgan fingerprint density at radius 3 is 3.00 bits per heavy atom. The molecule has 1 aromatic heterocycles. The first-order chi connectivity index (χ1) is 9.56. The van der Waals surface area contributed by atoms with E-state index in [1.165, 1.54) is 10.9 Å². The van der Waals surface area contributed by atoms with Crippen LogP contribution < -0.4 is 5.32 Å². The van der Waals surface area contributed by atoms with E-state index in [1.807, 2.05) is 31.2 Å². The number of rotatable bonds is 6. The molecule has 2 N–H and O–H groups in total. The number of carbonyl (C=O) groups is 1. The summed E-state index contributed by atoms with van der Waals surface area (Å²) in [6.07, 6.45) is 1.41. The lowest BCUT2D eigenvalue weighted by Crippen LogP contribution is -2.23. The van der Waals surface area contributed by atoms with Crippen molar-refractivity contribution in [2.45, 2.75) is 19.5 Å². The van der Waals surface area contributed by atoms with Crippen molar-refractivity contribution in [3.63, 3.8) is 0 Å². The zero-order valence-corrected chi connectivity index (χ0v) is 11.7. The summed E-state index contributed by atoms with van der Waals surface area (Å²) in [7, 11) is 0. The lowest BCUT2D eigenvalue weighted by atomic mass is 10.1. The lowest BCUT2D eigenvalue weighted by Gasteiger charge is -2.14. The molecule has 0 spiro atoms. The van der Waals surface area contributed by atoms with Crippen LogP contribution in [0.3, 0.4) is 0 Å². The molecule has 0 radical (unpaired) electrons. The van der Waals surface area contributed by atoms with Crippen molar-refractivity contribution in [3.05, 3.63) is 46.7 Å². The Labute approximate surface area is 121 Å². The minimum atomic E-state index is -1.07. The number of benzene rings is 1. The van der Waals surface area contributed by atoms with Crippen LogP contribution >= 0.6 is 11.6 Å². The molecule has 106 valence electrons. The largest absolute Gasteiger partial charge is 0.476 e. The predicted molar refractivity (Wildman–Crippen MR) is 74.9 cm³/mol. The monoisotopic (exact) mass is 294 g/mol. The molecule has 0 aliphatic carbocycles. The molecule has 0 aliphatic rings. The minimum Gasteiger partial charge on any atom is -0.476 e. The van der Waals surface area contributed by atoms with Crippen LogP contribution in [0.4, 0.5) is 0 Å². The zero-order chi connectivity index (χ0) is 14.5. The van der Waals surface area contributed by atoms with E-state index in [2.05, 4.69) is 15.6 Å². The van der Waals surface area contributed by atoms with Gasteiger partial charge >= 0.3 is 5.97 Å². The first kappa shape index (κ1) is 14.5. The van der Waals surface area contributed by atoms with E-state index in [4.69, 9.17) is 16.7 Å². The highest BCUT2D eigenvalue weighted by atomic mass is 35.5. The number of hydrogen-bond acceptors (Lipinski definition) is 4. The molecule has 7 heteroatoms. The van der Waals surface area contributed by atoms with Gasteiger partial charge in [-0.2, -0.15) is 0 Å². The number of halogens is 1. The summed E-state index contributed by atoms with van der Waals surface area (Å²) in [5, 5.41) is 20.1. The van der Waals surface area contributed by atoms with Crippen molar-refractivity contribution in [1.82, 2.24) is 20.3 Å². The number of hydrogen-bond donors (Lipinski definition) is 2. The molecule has 6 nitrogen and oxygen atoms in total. The minimum absolute atomic E-state index is 0.0483. The van der Waals surface area contributed by atoms with E-state index in [0.29, 0.717) is 18.1 Å². The van der Waals surface area contributed by atoms with Crippen LogP contribution in [0, 0.1) is 0 Å². The Morgan fingerprint density at radius 2 is 2.35 bits per heavy atom. The van der Waals surface area contributed by atoms with Gasteiger partial charge in [-0.25, -0.2) is 4.79 Å². The third-order valence-corrected chi connectivity index (χ3v) is 3.13. The number of aromatic carboxylic acids is 1. The fraction of sp³-hybridized carbons (Fsp3) is 0.308. The molecule has 1 unspecified atom stereocenters. The van der Waals surface area contributed by atoms with E-state index in [0.717, 1.165) is 5.56 Å². The summed E-state index contributed by atoms with van der Waals surface area (Å²) in [5.41, 5.74) is 1.05. The van der Waals surface area contributed by atoms with Gasteiger partial charge in [-0.1, -0.05) is 28.9 Å². The molecule has 0 amide bonds. The Hall–Kier alpha value is -1.92. The van der Waals surface area contributed by atoms with Crippen molar-refractivity contribution in [1.29, 1.82) is 0 Å². The third kappa shape index (κ3) is 3.79. The van der Waals surface area contributed by atoms with Gasteiger partial charge in [0.1, 0.15) is 0 Å². The third-order valence-electron chi connectivity index (χ3n) is 2.90. The molecule has 0 saturated carbocycles. The van der Waals surface area contributed by atoms with Crippen LogP contribution in [0.5, 0.6) is 0 Å². The van der Waals surface area contributed by atoms with E-state index in [1.54, 1.807) is 0 Å². The van der Waals surface area contributed by atoms with Gasteiger partial charge in [0.05, 0.1) is 12.7 Å². The summed E-state index contributed by atoms with van der Waals surface area (Å²) in [4.78, 5) is 10.7. The molecule has 1 atom stereocenters. The first-order valence-electron chi connectivity index (χ1n) is 6.18. The summed E-state index contributed by atoms with van der Waals surface area (Å²) >= 11 is 5.95. The standard InChI is InChI=1S/C13H15ClN4O2/c1-9(10-3-2-4-11(14)7-10)15-5-6-18-8-12(13(19)20)16-17-18/h2-4,7-9,15H,5-6H2,1H3,(H,19,20). The highest BCUT2D eigenvalue weighted by Gasteiger charge is 2.08. The zero-order valence-electron chi connectivity index (χ0n) is 11.0. The molecule has 1 aromatic carbocycles. The summed E-state index contributed by atoms with van der Waals surface area (Å²) in [5.74, 6) is -1.07. The second-order valence-electron chi connectivity index (χ2n) is 4.40. The maximum absolute atomic E-state index is 10.7. The fourth-order valence-corrected chi connectivity index (χ4v) is 1.99. The summed E-state index contributed by atoms with van der Waals surface area (Å²) in [6, 6.07) is 7.81. The fourth-order valence-electron chi connectivity index (χ4n) is 1.80. The van der Waals surface area contributed by atoms with E-state index < -0.39 is 5.97 Å². The van der Waals surface area contributed by atoms with E-state index in [-0.39, 0.29) is 11.7 Å². The van der Waals surface area contributed by atoms with Gasteiger partial charge < -0.3 is 10.4 Å². The Balaban J connectivity index is 1.84. The van der Waals surface area contributed by atoms with E-state index >= 15 is 0 Å². The predicted octanol–water partition coefficient (Wildman–Crippen LogP) is 1.98. The van der Waals surface area contributed by atoms with Crippen LogP contribution in [-0.4, -0.2) is 32.6 Å². The molecule has 1 heterocycles. The number of nitrogens with one attached hydrogen (secondary N) is 1. The number of carboxylic acids is 1. The van der Waals surface area contributed by atoms with Crippen molar-refractivity contribution in [2.75, 3.05) is 6.54 Å². The van der Waals surface area contributed by atoms with Crippen LogP contribution in [-0.2, 0) is 6.54 Å². The highest BCUT2D eigenvalue weighted by Crippen LogP contribution is 2.16. The molecule has 0 fully saturated rings. The second-order valence-corrected chi connectivity index (χ2v) is 4.84. The quantitative estimate of drug-likeness (QED) is 0.851. The average molecular weight is 295 g/mol. The smallest absolute Gasteiger partial charge is 0.358 e. The number of carboxylic acid groups (broad SMARTS) is 1. The van der Waals surface area contributed by atoms with Gasteiger partial charge in [-0.3, -0.25) is 4.68 Å². The van der Waals surface area contributed by atoms with Crippen LogP contribution in [0.1, 0.15) is 29.0 Å². The van der Waals surface area contributed by atoms with E-state index in [9.17, 15) is 4.79 Å². The van der Waals surface area contributed by atoms with Crippen molar-refractivity contribution < 1.29 is 9.90 Å². The molecular formula is C13H15ClN4O2. The summed E-state index contributed by atoms with van der Waals surface area (Å²) < 4.78 is 1.50. The van der Waals surface area contributed by atoms with Crippen molar-refractivity contribution >= 4 is 17.6 Å². The molecule has 0 bridgehead atoms. The van der Waals surface area contributed by atoms with Gasteiger partial charge in [-0.05, 0) is 24.6 Å². The average Bonchev–Trinajstić information content (AvgIpc) is 2.87. The van der Waals surface area contributed by atoms with Crippen LogP contribution in [0.15, 0.2) is 30.5 Å². The van der Waals surface area contributed by atoms with Crippen molar-refractivity contribution in [2.24, 2.45) is 0 Å². The van der Waals surface area contributed by atoms with Gasteiger partial charge in [0.15, 0.2) is 5.69 Å². The first-order valence-corrected chi connectivity index (χ1v) is 6.56.